The fraction of sp³-hybridized carbons (Fsp3) is 0.120. The molecule has 0 saturated heterocycles. The molecule has 0 aliphatic rings. The summed E-state index contributed by atoms with van der Waals surface area (Å²) in [7, 11) is 0. The Kier molecular flexibility index (Phi) is 7.98. The smallest absolute Gasteiger partial charge is 0.462 e. The van der Waals surface area contributed by atoms with Crippen molar-refractivity contribution in [1.82, 2.24) is 0 Å². The van der Waals surface area contributed by atoms with Gasteiger partial charge in [0.05, 0.1) is 12.2 Å². The first-order valence-electron chi connectivity index (χ1n) is 10.3. The van der Waals surface area contributed by atoms with Crippen LogP contribution in [0.4, 0.5) is 24.5 Å². The number of ether oxygens (including phenoxy) is 3. The van der Waals surface area contributed by atoms with Crippen molar-refractivity contribution in [1.29, 1.82) is 0 Å². The molecule has 0 amide bonds. The molecule has 0 aromatic heterocycles. The van der Waals surface area contributed by atoms with Crippen LogP contribution >= 0.6 is 0 Å². The summed E-state index contributed by atoms with van der Waals surface area (Å²) in [5.41, 5.74) is 14.3. The van der Waals surface area contributed by atoms with Gasteiger partial charge in [0.1, 0.15) is 11.5 Å². The number of benzene rings is 3. The molecule has 35 heavy (non-hydrogen) atoms. The van der Waals surface area contributed by atoms with Crippen molar-refractivity contribution >= 4 is 29.4 Å². The van der Waals surface area contributed by atoms with Crippen molar-refractivity contribution in [3.8, 4) is 11.5 Å². The van der Waals surface area contributed by atoms with Crippen molar-refractivity contribution in [3.63, 3.8) is 0 Å². The molecule has 0 atom stereocenters. The highest BCUT2D eigenvalue weighted by molar-refractivity contribution is 5.91. The summed E-state index contributed by atoms with van der Waals surface area (Å²) >= 11 is 0. The molecule has 0 aliphatic heterocycles. The monoisotopic (exact) mass is 486 g/mol. The number of esters is 2. The van der Waals surface area contributed by atoms with Gasteiger partial charge in [-0.1, -0.05) is 12.1 Å². The minimum absolute atomic E-state index is 0.0520. The van der Waals surface area contributed by atoms with Gasteiger partial charge in [-0.2, -0.15) is 0 Å². The second-order valence-electron chi connectivity index (χ2n) is 7.24. The van der Waals surface area contributed by atoms with Crippen molar-refractivity contribution in [2.24, 2.45) is 0 Å². The van der Waals surface area contributed by atoms with Crippen molar-refractivity contribution in [3.05, 3.63) is 89.5 Å². The van der Waals surface area contributed by atoms with E-state index in [2.05, 4.69) is 4.74 Å². The predicted molar refractivity (Wildman–Crippen MR) is 123 cm³/mol. The highest BCUT2D eigenvalue weighted by Crippen LogP contribution is 2.25. The lowest BCUT2D eigenvalue weighted by Crippen LogP contribution is -2.17. The first-order valence-corrected chi connectivity index (χ1v) is 10.3. The number of hydrogen-bond acceptors (Lipinski definition) is 7. The Morgan fingerprint density at radius 1 is 0.886 bits per heavy atom. The topological polar surface area (TPSA) is 114 Å². The highest BCUT2D eigenvalue weighted by atomic mass is 19.4. The summed E-state index contributed by atoms with van der Waals surface area (Å²) < 4.78 is 50.7. The molecule has 182 valence electrons. The van der Waals surface area contributed by atoms with E-state index in [0.717, 1.165) is 17.7 Å². The maximum absolute atomic E-state index is 12.2. The van der Waals surface area contributed by atoms with E-state index in [1.54, 1.807) is 30.3 Å². The van der Waals surface area contributed by atoms with Gasteiger partial charge in [-0.3, -0.25) is 0 Å². The lowest BCUT2D eigenvalue weighted by Gasteiger charge is -2.09. The minimum Gasteiger partial charge on any atom is -0.462 e. The molecule has 0 saturated carbocycles. The summed E-state index contributed by atoms with van der Waals surface area (Å²) in [6.45, 7) is 0.130. The second kappa shape index (κ2) is 11.1. The zero-order valence-electron chi connectivity index (χ0n) is 18.2. The first kappa shape index (κ1) is 25.2. The Hall–Kier alpha value is -4.47. The number of rotatable bonds is 8. The summed E-state index contributed by atoms with van der Waals surface area (Å²) in [6.07, 6.45) is -1.62. The Bertz CT molecular complexity index is 1210. The fourth-order valence-corrected chi connectivity index (χ4v) is 2.92. The molecule has 0 radical (unpaired) electrons. The molecule has 0 heterocycles. The van der Waals surface area contributed by atoms with E-state index in [9.17, 15) is 22.8 Å². The van der Waals surface area contributed by atoms with Gasteiger partial charge in [0, 0.05) is 23.9 Å². The number of hydrogen-bond donors (Lipinski definition) is 2. The van der Waals surface area contributed by atoms with Crippen LogP contribution < -0.4 is 20.9 Å². The Morgan fingerprint density at radius 2 is 1.54 bits per heavy atom. The van der Waals surface area contributed by atoms with Crippen LogP contribution in [0.15, 0.2) is 72.8 Å². The lowest BCUT2D eigenvalue weighted by molar-refractivity contribution is -0.274. The molecule has 0 bridgehead atoms. The van der Waals surface area contributed by atoms with Crippen LogP contribution in [0.5, 0.6) is 11.5 Å². The van der Waals surface area contributed by atoms with E-state index in [-0.39, 0.29) is 17.9 Å². The summed E-state index contributed by atoms with van der Waals surface area (Å²) in [5.74, 6) is -1.63. The average molecular weight is 486 g/mol. The Labute approximate surface area is 198 Å². The van der Waals surface area contributed by atoms with Gasteiger partial charge in [-0.05, 0) is 71.8 Å². The molecule has 0 aliphatic carbocycles. The van der Waals surface area contributed by atoms with Crippen LogP contribution in [0.1, 0.15) is 21.5 Å². The molecule has 0 fully saturated rings. The number of halogens is 3. The van der Waals surface area contributed by atoms with Gasteiger partial charge in [0.15, 0.2) is 0 Å². The van der Waals surface area contributed by atoms with Gasteiger partial charge in [-0.15, -0.1) is 13.2 Å². The molecule has 3 aromatic rings. The Morgan fingerprint density at radius 3 is 2.20 bits per heavy atom. The van der Waals surface area contributed by atoms with Crippen LogP contribution in [0.25, 0.3) is 6.08 Å². The predicted octanol–water partition coefficient (Wildman–Crippen LogP) is 4.77. The molecular weight excluding hydrogens is 465 g/mol. The van der Waals surface area contributed by atoms with Gasteiger partial charge in [0.25, 0.3) is 0 Å². The largest absolute Gasteiger partial charge is 0.573 e. The molecule has 4 N–H and O–H groups in total. The highest BCUT2D eigenvalue weighted by Gasteiger charge is 2.31. The molecular formula is C25H21F3N2O5. The number of carbonyl (C=O) groups is 2. The number of anilines is 2. The zero-order valence-corrected chi connectivity index (χ0v) is 18.2. The summed E-state index contributed by atoms with van der Waals surface area (Å²) in [5, 5.41) is 0. The van der Waals surface area contributed by atoms with Gasteiger partial charge in [0.2, 0.25) is 0 Å². The SMILES string of the molecule is Nc1ccc(N)c(CCOC(=O)C=Cc2ccc(C(=O)Oc3ccc(OC(F)(F)F)cc3)cc2)c1. The van der Waals surface area contributed by atoms with E-state index in [4.69, 9.17) is 20.9 Å². The average Bonchev–Trinajstić information content (AvgIpc) is 2.80. The van der Waals surface area contributed by atoms with E-state index in [0.29, 0.717) is 23.4 Å². The maximum Gasteiger partial charge on any atom is 0.573 e. The third-order valence-corrected chi connectivity index (χ3v) is 4.61. The van der Waals surface area contributed by atoms with Crippen LogP contribution in [0.2, 0.25) is 0 Å². The first-order chi connectivity index (χ1) is 16.6. The van der Waals surface area contributed by atoms with Crippen molar-refractivity contribution in [2.75, 3.05) is 18.1 Å². The zero-order chi connectivity index (χ0) is 25.4. The number of carbonyl (C=O) groups excluding carboxylic acids is 2. The van der Waals surface area contributed by atoms with Crippen LogP contribution in [0, 0.1) is 0 Å². The fourth-order valence-electron chi connectivity index (χ4n) is 2.92. The van der Waals surface area contributed by atoms with Crippen molar-refractivity contribution < 1.29 is 37.0 Å². The third-order valence-electron chi connectivity index (χ3n) is 4.61. The summed E-state index contributed by atoms with van der Waals surface area (Å²) in [4.78, 5) is 24.2. The van der Waals surface area contributed by atoms with Gasteiger partial charge >= 0.3 is 18.3 Å². The van der Waals surface area contributed by atoms with Crippen molar-refractivity contribution in [2.45, 2.75) is 12.8 Å². The molecule has 0 spiro atoms. The number of nitrogen functional groups attached to an aromatic ring is 2. The van der Waals surface area contributed by atoms with E-state index in [1.807, 2.05) is 0 Å². The van der Waals surface area contributed by atoms with Crippen LogP contribution in [-0.4, -0.2) is 24.9 Å². The molecule has 3 rings (SSSR count). The number of alkyl halides is 3. The second-order valence-corrected chi connectivity index (χ2v) is 7.24. The maximum atomic E-state index is 12.2. The van der Waals surface area contributed by atoms with Crippen LogP contribution in [-0.2, 0) is 16.0 Å². The number of nitrogens with two attached hydrogens (primary N) is 2. The van der Waals surface area contributed by atoms with Gasteiger partial charge in [-0.25, -0.2) is 9.59 Å². The molecule has 3 aromatic carbocycles. The van der Waals surface area contributed by atoms with Gasteiger partial charge < -0.3 is 25.7 Å². The summed E-state index contributed by atoms with van der Waals surface area (Å²) in [6, 6.07) is 15.7. The quantitative estimate of drug-likeness (QED) is 0.204. The third kappa shape index (κ3) is 8.11. The molecule has 7 nitrogen and oxygen atoms in total. The molecule has 10 heteroatoms. The minimum atomic E-state index is -4.81. The standard InChI is InChI=1S/C25H21F3N2O5/c26-25(27,28)35-21-9-7-20(8-10-21)34-24(32)17-4-1-16(2-5-17)3-12-23(31)33-14-13-18-15-19(29)6-11-22(18)30/h1-12,15H,13-14,29-30H2. The van der Waals surface area contributed by atoms with E-state index in [1.165, 1.54) is 36.4 Å². The van der Waals surface area contributed by atoms with Crippen LogP contribution in [0.3, 0.4) is 0 Å². The Balaban J connectivity index is 1.48. The normalized spacial score (nSPS) is 11.3. The lowest BCUT2D eigenvalue weighted by atomic mass is 10.1. The van der Waals surface area contributed by atoms with E-state index >= 15 is 0 Å². The van der Waals surface area contributed by atoms with E-state index < -0.39 is 24.1 Å². The molecule has 0 unspecified atom stereocenters.